The molecule has 1 aliphatic rings. The van der Waals surface area contributed by atoms with E-state index in [1.165, 1.54) is 110 Å². The Kier molecular flexibility index (Phi) is 8.47. The minimum atomic E-state index is -2.84. The van der Waals surface area contributed by atoms with Gasteiger partial charge in [-0.3, -0.25) is 0 Å². The monoisotopic (exact) mass is 973 g/mol. The Balaban J connectivity index is 0.968. The molecule has 1 nitrogen and oxygen atoms in total. The van der Waals surface area contributed by atoms with E-state index < -0.39 is 8.07 Å². The first kappa shape index (κ1) is 37.6. The Morgan fingerprint density at radius 2 is 0.862 bits per heavy atom. The molecule has 1 aliphatic carbocycles. The fraction of sp³-hybridized carbons (Fsp3) is 0.0164. The predicted molar refractivity (Wildman–Crippen MR) is 281 cm³/mol. The topological polar surface area (TPSA) is 4.93 Å². The SMILES string of the molecule is c1ccc([Si](c2ccccc2)(c2ccc(C3c4ccccc4-c4ccc5c([se]c6ccccc65)c43)cc2)c2ccc(-n3c4ccccc4c4ccc5c6ccccc6[se]c5c43)cc2)cc1. The van der Waals surface area contributed by atoms with Gasteiger partial charge >= 0.3 is 393 Å². The molecule has 0 fully saturated rings. The van der Waals surface area contributed by atoms with Crippen molar-refractivity contribution in [2.24, 2.45) is 0 Å². The van der Waals surface area contributed by atoms with Crippen molar-refractivity contribution in [2.75, 3.05) is 0 Å². The van der Waals surface area contributed by atoms with Gasteiger partial charge in [-0.2, -0.15) is 0 Å². The summed E-state index contributed by atoms with van der Waals surface area (Å²) in [6.07, 6.45) is 0. The molecule has 1 unspecified atom stereocenters. The number of hydrogen-bond donors (Lipinski definition) is 0. The van der Waals surface area contributed by atoms with Crippen molar-refractivity contribution in [2.45, 2.75) is 5.92 Å². The van der Waals surface area contributed by atoms with Crippen molar-refractivity contribution < 1.29 is 0 Å². The number of benzene rings is 10. The molecule has 0 N–H and O–H groups in total. The fourth-order valence-electron chi connectivity index (χ4n) is 11.5. The van der Waals surface area contributed by atoms with Crippen LogP contribution in [0, 0.1) is 0 Å². The summed E-state index contributed by atoms with van der Waals surface area (Å²) in [5.74, 6) is 0.187. The van der Waals surface area contributed by atoms with E-state index in [0.29, 0.717) is 0 Å². The second-order valence-corrected chi connectivity index (χ2v) is 25.7. The second kappa shape index (κ2) is 14.6. The summed E-state index contributed by atoms with van der Waals surface area (Å²) in [6.45, 7) is 0. The third kappa shape index (κ3) is 5.44. The average Bonchev–Trinajstić information content (AvgIpc) is 4.13. The van der Waals surface area contributed by atoms with Crippen LogP contribution in [0.2, 0.25) is 0 Å². The maximum absolute atomic E-state index is 2.84. The van der Waals surface area contributed by atoms with Crippen molar-refractivity contribution in [3.8, 4) is 16.8 Å². The molecule has 0 saturated carbocycles. The molecule has 3 aromatic heterocycles. The van der Waals surface area contributed by atoms with E-state index in [4.69, 9.17) is 0 Å². The molecule has 4 heteroatoms. The summed E-state index contributed by atoms with van der Waals surface area (Å²) in [7, 11) is -2.84. The standard InChI is InChI=1S/C61H39NSe2Si/c1-3-15-41(16-4-1)65(42-17-5-2-6-18-42,43-31-27-39(28-32-43)57-49-23-8-7-19-45(49)50-35-37-52-47-21-10-13-25-55(47)63-60(52)58(50)57)44-33-29-40(30-34-44)62-54-24-12-9-20-46(54)51-36-38-53-48-22-11-14-26-56(48)64-61(53)59(51)62/h1-38,57H. The number of para-hydroxylation sites is 1. The minimum absolute atomic E-state index is 0.187. The van der Waals surface area contributed by atoms with Crippen LogP contribution >= 0.6 is 0 Å². The number of fused-ring (bicyclic) bond motifs is 14. The molecule has 0 aliphatic heterocycles. The molecule has 1 atom stereocenters. The normalized spacial score (nSPS) is 13.7. The van der Waals surface area contributed by atoms with Crippen molar-refractivity contribution in [1.29, 1.82) is 0 Å². The van der Waals surface area contributed by atoms with E-state index in [9.17, 15) is 0 Å². The van der Waals surface area contributed by atoms with Gasteiger partial charge in [0.1, 0.15) is 0 Å². The third-order valence-corrected chi connectivity index (χ3v) is 24.1. The molecule has 0 spiro atoms. The van der Waals surface area contributed by atoms with Crippen molar-refractivity contribution >= 4 is 118 Å². The zero-order chi connectivity index (χ0) is 42.6. The predicted octanol–water partition coefficient (Wildman–Crippen LogP) is 12.0. The van der Waals surface area contributed by atoms with Gasteiger partial charge in [-0.25, -0.2) is 0 Å². The first-order valence-electron chi connectivity index (χ1n) is 22.4. The van der Waals surface area contributed by atoms with Crippen LogP contribution in [-0.2, 0) is 0 Å². The summed E-state index contributed by atoms with van der Waals surface area (Å²) >= 11 is 0.485. The van der Waals surface area contributed by atoms with Crippen molar-refractivity contribution in [3.05, 3.63) is 247 Å². The van der Waals surface area contributed by atoms with Crippen LogP contribution < -0.4 is 20.7 Å². The Bertz CT molecular complexity index is 3950. The molecular weight excluding hydrogens is 933 g/mol. The van der Waals surface area contributed by atoms with Crippen LogP contribution in [0.15, 0.2) is 231 Å². The van der Waals surface area contributed by atoms with Crippen molar-refractivity contribution in [1.82, 2.24) is 4.57 Å². The summed E-state index contributed by atoms with van der Waals surface area (Å²) < 4.78 is 8.56. The molecule has 13 aromatic rings. The summed E-state index contributed by atoms with van der Waals surface area (Å²) in [5, 5.41) is 13.8. The second-order valence-electron chi connectivity index (χ2n) is 17.5. The molecule has 0 amide bonds. The van der Waals surface area contributed by atoms with E-state index in [-0.39, 0.29) is 34.9 Å². The molecule has 0 bridgehead atoms. The van der Waals surface area contributed by atoms with Crippen LogP contribution in [0.1, 0.15) is 22.6 Å². The number of rotatable bonds is 6. The molecule has 10 aromatic carbocycles. The van der Waals surface area contributed by atoms with Crippen molar-refractivity contribution in [3.63, 3.8) is 0 Å². The van der Waals surface area contributed by atoms with Gasteiger partial charge in [0.25, 0.3) is 0 Å². The van der Waals surface area contributed by atoms with Gasteiger partial charge in [-0.15, -0.1) is 0 Å². The van der Waals surface area contributed by atoms with Gasteiger partial charge in [-0.1, -0.05) is 0 Å². The van der Waals surface area contributed by atoms with E-state index in [1.807, 2.05) is 0 Å². The summed E-state index contributed by atoms with van der Waals surface area (Å²) in [5.41, 5.74) is 10.9. The van der Waals surface area contributed by atoms with Crippen LogP contribution in [0.5, 0.6) is 0 Å². The van der Waals surface area contributed by atoms with Gasteiger partial charge in [0, 0.05) is 0 Å². The van der Waals surface area contributed by atoms with Crippen LogP contribution in [0.3, 0.4) is 0 Å². The van der Waals surface area contributed by atoms with E-state index >= 15 is 0 Å². The number of aromatic nitrogens is 1. The maximum atomic E-state index is 2.55. The van der Waals surface area contributed by atoms with Gasteiger partial charge in [0.05, 0.1) is 0 Å². The first-order valence-corrected chi connectivity index (χ1v) is 27.9. The quantitative estimate of drug-likeness (QED) is 0.116. The third-order valence-electron chi connectivity index (χ3n) is 14.3. The van der Waals surface area contributed by atoms with Gasteiger partial charge in [-0.05, 0) is 0 Å². The number of nitrogens with zero attached hydrogens (tertiary/aromatic N) is 1. The Morgan fingerprint density at radius 1 is 0.354 bits per heavy atom. The summed E-state index contributed by atoms with van der Waals surface area (Å²) in [6, 6.07) is 88.1. The van der Waals surface area contributed by atoms with Crippen LogP contribution in [-0.4, -0.2) is 41.6 Å². The van der Waals surface area contributed by atoms with Crippen LogP contribution in [0.4, 0.5) is 0 Å². The number of hydrogen-bond acceptors (Lipinski definition) is 0. The first-order chi connectivity index (χ1) is 32.3. The summed E-state index contributed by atoms with van der Waals surface area (Å²) in [4.78, 5) is 0. The van der Waals surface area contributed by atoms with Gasteiger partial charge in [0.15, 0.2) is 0 Å². The average molecular weight is 972 g/mol. The zero-order valence-electron chi connectivity index (χ0n) is 35.3. The Labute approximate surface area is 390 Å². The molecule has 0 saturated heterocycles. The van der Waals surface area contributed by atoms with Crippen LogP contribution in [0.25, 0.3) is 77.2 Å². The molecule has 14 rings (SSSR count). The van der Waals surface area contributed by atoms with Gasteiger partial charge in [0.2, 0.25) is 0 Å². The Morgan fingerprint density at radius 3 is 1.55 bits per heavy atom. The van der Waals surface area contributed by atoms with E-state index in [0.717, 1.165) is 0 Å². The molecule has 0 radical (unpaired) electrons. The molecule has 65 heavy (non-hydrogen) atoms. The van der Waals surface area contributed by atoms with E-state index in [1.54, 1.807) is 4.26 Å². The fourth-order valence-corrected chi connectivity index (χ4v) is 21.5. The Hall–Kier alpha value is -6.74. The van der Waals surface area contributed by atoms with Gasteiger partial charge < -0.3 is 0 Å². The molecule has 304 valence electrons. The molecule has 3 heterocycles. The van der Waals surface area contributed by atoms with E-state index in [2.05, 4.69) is 235 Å². The molecular formula is C61H39NSe2Si. The zero-order valence-corrected chi connectivity index (χ0v) is 39.7.